The Bertz CT molecular complexity index is 1380. The molecule has 0 saturated heterocycles. The van der Waals surface area contributed by atoms with Gasteiger partial charge >= 0.3 is 5.69 Å². The summed E-state index contributed by atoms with van der Waals surface area (Å²) in [7, 11) is 0. The molecule has 0 saturated carbocycles. The third-order valence-electron chi connectivity index (χ3n) is 5.91. The number of benzene rings is 2. The van der Waals surface area contributed by atoms with E-state index in [1.807, 2.05) is 38.1 Å². The molecule has 166 valence electrons. The highest BCUT2D eigenvalue weighted by Crippen LogP contribution is 2.25. The van der Waals surface area contributed by atoms with Gasteiger partial charge in [-0.05, 0) is 53.6 Å². The number of aliphatic hydroxyl groups is 1. The Morgan fingerprint density at radius 2 is 1.69 bits per heavy atom. The molecular weight excluding hydrogens is 404 g/mol. The van der Waals surface area contributed by atoms with Gasteiger partial charge in [0, 0.05) is 6.42 Å². The fraction of sp³-hybridized carbons (Fsp3) is 0.360. The van der Waals surface area contributed by atoms with Gasteiger partial charge < -0.3 is 9.67 Å². The van der Waals surface area contributed by atoms with E-state index in [-0.39, 0.29) is 23.5 Å². The second-order valence-electron chi connectivity index (χ2n) is 9.50. The average Bonchev–Trinajstić information content (AvgIpc) is 2.70. The van der Waals surface area contributed by atoms with Crippen LogP contribution in [0.4, 0.5) is 0 Å². The van der Waals surface area contributed by atoms with Gasteiger partial charge in [-0.25, -0.2) is 9.78 Å². The molecule has 2 aromatic carbocycles. The topological polar surface area (TPSA) is 101 Å². The number of fused-ring (bicyclic) bond motifs is 2. The Labute approximate surface area is 186 Å². The van der Waals surface area contributed by atoms with Crippen LogP contribution in [0.2, 0.25) is 0 Å². The number of aryl methyl sites for hydroxylation is 2. The fourth-order valence-electron chi connectivity index (χ4n) is 3.92. The van der Waals surface area contributed by atoms with E-state index in [9.17, 15) is 14.7 Å². The lowest BCUT2D eigenvalue weighted by atomic mass is 9.86. The molecule has 1 atom stereocenters. The van der Waals surface area contributed by atoms with Gasteiger partial charge in [-0.3, -0.25) is 9.78 Å². The number of nitrogens with one attached hydrogen (secondary N) is 1. The molecule has 0 fully saturated rings. The normalized spacial score (nSPS) is 13.1. The van der Waals surface area contributed by atoms with Crippen molar-refractivity contribution in [2.24, 2.45) is 0 Å². The van der Waals surface area contributed by atoms with E-state index >= 15 is 0 Å². The summed E-state index contributed by atoms with van der Waals surface area (Å²) in [5.41, 5.74) is 4.51. The largest absolute Gasteiger partial charge is 0.391 e. The molecule has 0 bridgehead atoms. The summed E-state index contributed by atoms with van der Waals surface area (Å²) in [5, 5.41) is 10.9. The molecule has 7 heteroatoms. The van der Waals surface area contributed by atoms with Crippen molar-refractivity contribution in [1.29, 1.82) is 0 Å². The van der Waals surface area contributed by atoms with Gasteiger partial charge in [0.2, 0.25) is 0 Å². The van der Waals surface area contributed by atoms with Crippen LogP contribution in [0.25, 0.3) is 22.6 Å². The van der Waals surface area contributed by atoms with Crippen molar-refractivity contribution in [1.82, 2.24) is 19.5 Å². The van der Waals surface area contributed by atoms with Gasteiger partial charge in [-0.2, -0.15) is 4.98 Å². The Morgan fingerprint density at radius 3 is 2.34 bits per heavy atom. The van der Waals surface area contributed by atoms with E-state index < -0.39 is 17.4 Å². The second kappa shape index (κ2) is 7.98. The zero-order chi connectivity index (χ0) is 23.2. The smallest absolute Gasteiger partial charge is 0.349 e. The summed E-state index contributed by atoms with van der Waals surface area (Å²) in [5.74, 6) is 0.177. The maximum absolute atomic E-state index is 12.4. The van der Waals surface area contributed by atoms with Crippen LogP contribution in [0.5, 0.6) is 0 Å². The Balaban J connectivity index is 1.76. The van der Waals surface area contributed by atoms with Crippen molar-refractivity contribution in [3.63, 3.8) is 0 Å². The molecule has 0 aromatic heterocycles. The standard InChI is InChI=1S/C25H28N4O3/c1-14-10-19-20(11-15(14)2)29(22-21(26-19)23(31)28-24(32)27-22)13-18(30)12-16-6-8-17(9-7-16)25(3,4)5/h6-11,18,30H,12-13H2,1-5H3,(H,28,31,32). The Kier molecular flexibility index (Phi) is 5.46. The molecule has 7 nitrogen and oxygen atoms in total. The van der Waals surface area contributed by atoms with Crippen LogP contribution in [-0.4, -0.2) is 30.7 Å². The lowest BCUT2D eigenvalue weighted by Gasteiger charge is -2.21. The Morgan fingerprint density at radius 1 is 1.03 bits per heavy atom. The molecular formula is C25H28N4O3. The first-order valence-corrected chi connectivity index (χ1v) is 10.7. The lowest BCUT2D eigenvalue weighted by Crippen LogP contribution is -2.30. The predicted octanol–water partition coefficient (Wildman–Crippen LogP) is 3.10. The lowest BCUT2D eigenvalue weighted by molar-refractivity contribution is 0.156. The zero-order valence-corrected chi connectivity index (χ0v) is 19.1. The monoisotopic (exact) mass is 432 g/mol. The number of nitrogens with zero attached hydrogens (tertiary/aromatic N) is 3. The highest BCUT2D eigenvalue weighted by Gasteiger charge is 2.21. The van der Waals surface area contributed by atoms with E-state index in [1.165, 1.54) is 5.56 Å². The van der Waals surface area contributed by atoms with Gasteiger partial charge in [-0.1, -0.05) is 45.0 Å². The molecule has 0 aliphatic carbocycles. The summed E-state index contributed by atoms with van der Waals surface area (Å²) < 4.78 is 1.73. The summed E-state index contributed by atoms with van der Waals surface area (Å²) in [6, 6.07) is 12.1. The maximum atomic E-state index is 12.4. The molecule has 2 heterocycles. The highest BCUT2D eigenvalue weighted by atomic mass is 16.3. The number of hydrogen-bond acceptors (Lipinski definition) is 5. The van der Waals surface area contributed by atoms with Crippen LogP contribution in [0.3, 0.4) is 0 Å². The molecule has 2 N–H and O–H groups in total. The molecule has 2 aliphatic heterocycles. The number of aliphatic hydroxyl groups excluding tert-OH is 1. The van der Waals surface area contributed by atoms with Crippen LogP contribution < -0.4 is 11.2 Å². The minimum absolute atomic E-state index is 0.0621. The van der Waals surface area contributed by atoms with Crippen molar-refractivity contribution >= 4 is 11.0 Å². The van der Waals surface area contributed by atoms with E-state index in [0.29, 0.717) is 11.9 Å². The maximum Gasteiger partial charge on any atom is 0.349 e. The van der Waals surface area contributed by atoms with E-state index in [2.05, 4.69) is 47.9 Å². The van der Waals surface area contributed by atoms with E-state index in [0.717, 1.165) is 22.2 Å². The van der Waals surface area contributed by atoms with Gasteiger partial charge in [0.15, 0.2) is 11.5 Å². The van der Waals surface area contributed by atoms with E-state index in [1.54, 1.807) is 4.57 Å². The molecule has 2 aliphatic rings. The van der Waals surface area contributed by atoms with Gasteiger partial charge in [-0.15, -0.1) is 0 Å². The summed E-state index contributed by atoms with van der Waals surface area (Å²) >= 11 is 0. The number of aromatic nitrogens is 4. The molecule has 0 amide bonds. The van der Waals surface area contributed by atoms with Gasteiger partial charge in [0.05, 0.1) is 23.7 Å². The first kappa shape index (κ1) is 21.9. The second-order valence-corrected chi connectivity index (χ2v) is 9.50. The van der Waals surface area contributed by atoms with Crippen molar-refractivity contribution < 1.29 is 5.11 Å². The molecule has 0 spiro atoms. The van der Waals surface area contributed by atoms with Crippen LogP contribution in [-0.2, 0) is 18.4 Å². The average molecular weight is 433 g/mol. The third-order valence-corrected chi connectivity index (χ3v) is 5.91. The number of rotatable bonds is 4. The fourth-order valence-corrected chi connectivity index (χ4v) is 3.92. The minimum Gasteiger partial charge on any atom is -0.391 e. The number of aromatic amines is 1. The van der Waals surface area contributed by atoms with Crippen molar-refractivity contribution in [2.75, 3.05) is 0 Å². The quantitative estimate of drug-likeness (QED) is 0.483. The molecule has 4 rings (SSSR count). The Hall–Kier alpha value is -3.32. The minimum atomic E-state index is -0.743. The summed E-state index contributed by atoms with van der Waals surface area (Å²) in [6.07, 6.45) is -0.312. The van der Waals surface area contributed by atoms with Gasteiger partial charge in [0.1, 0.15) is 0 Å². The molecule has 0 radical (unpaired) electrons. The zero-order valence-electron chi connectivity index (χ0n) is 19.1. The van der Waals surface area contributed by atoms with Crippen LogP contribution >= 0.6 is 0 Å². The molecule has 2 aromatic rings. The predicted molar refractivity (Wildman–Crippen MR) is 125 cm³/mol. The molecule has 32 heavy (non-hydrogen) atoms. The van der Waals surface area contributed by atoms with Crippen molar-refractivity contribution in [3.05, 3.63) is 79.5 Å². The third kappa shape index (κ3) is 4.21. The first-order chi connectivity index (χ1) is 15.0. The van der Waals surface area contributed by atoms with Crippen molar-refractivity contribution in [2.45, 2.75) is 59.1 Å². The number of H-pyrrole nitrogens is 1. The van der Waals surface area contributed by atoms with Crippen LogP contribution in [0.15, 0.2) is 46.0 Å². The van der Waals surface area contributed by atoms with Gasteiger partial charge in [0.25, 0.3) is 5.56 Å². The number of hydrogen-bond donors (Lipinski definition) is 2. The molecule has 1 unspecified atom stereocenters. The van der Waals surface area contributed by atoms with Crippen molar-refractivity contribution in [3.8, 4) is 11.5 Å². The van der Waals surface area contributed by atoms with E-state index in [4.69, 9.17) is 0 Å². The van der Waals surface area contributed by atoms with Crippen LogP contribution in [0, 0.1) is 13.8 Å². The SMILES string of the molecule is Cc1cc2nc3c(=O)[nH]c(=O)nc-3n(CC(O)Cc3ccc(C(C)(C)C)cc3)c2cc1C. The summed E-state index contributed by atoms with van der Waals surface area (Å²) in [6.45, 7) is 10.6. The van der Waals surface area contributed by atoms with Crippen LogP contribution in [0.1, 0.15) is 43.0 Å². The summed E-state index contributed by atoms with van der Waals surface area (Å²) in [4.78, 5) is 35.0. The first-order valence-electron chi connectivity index (χ1n) is 10.7. The highest BCUT2D eigenvalue weighted by molar-refractivity contribution is 5.81.